The standard InChI is InChI=1S/C13H13N3OS/c14-5-6-17-13-4-2-1-3-11(13)7-15-8-12-9-16-10-18-12/h1-4,9-10,15H,6-8H2. The molecule has 0 spiro atoms. The molecule has 0 saturated carbocycles. The van der Waals surface area contributed by atoms with E-state index in [2.05, 4.69) is 10.3 Å². The first-order valence-electron chi connectivity index (χ1n) is 5.56. The van der Waals surface area contributed by atoms with Crippen LogP contribution in [0.1, 0.15) is 10.4 Å². The molecule has 92 valence electrons. The maximum atomic E-state index is 8.52. The molecule has 18 heavy (non-hydrogen) atoms. The summed E-state index contributed by atoms with van der Waals surface area (Å²) in [6.07, 6.45) is 1.86. The topological polar surface area (TPSA) is 57.9 Å². The number of aromatic nitrogens is 1. The van der Waals surface area contributed by atoms with Crippen LogP contribution in [-0.4, -0.2) is 11.6 Å². The zero-order valence-electron chi connectivity index (χ0n) is 9.80. The highest BCUT2D eigenvalue weighted by molar-refractivity contribution is 7.09. The fraction of sp³-hybridized carbons (Fsp3) is 0.231. The summed E-state index contributed by atoms with van der Waals surface area (Å²) in [4.78, 5) is 5.22. The number of benzene rings is 1. The highest BCUT2D eigenvalue weighted by Crippen LogP contribution is 2.17. The van der Waals surface area contributed by atoms with Crippen LogP contribution < -0.4 is 10.1 Å². The lowest BCUT2D eigenvalue weighted by atomic mass is 10.2. The van der Waals surface area contributed by atoms with Crippen molar-refractivity contribution in [3.8, 4) is 11.8 Å². The molecule has 0 aliphatic rings. The predicted molar refractivity (Wildman–Crippen MR) is 70.2 cm³/mol. The Morgan fingerprint density at radius 2 is 2.22 bits per heavy atom. The van der Waals surface area contributed by atoms with Crippen molar-refractivity contribution >= 4 is 11.3 Å². The number of hydrogen-bond donors (Lipinski definition) is 1. The Hall–Kier alpha value is -1.90. The molecule has 0 aliphatic carbocycles. The van der Waals surface area contributed by atoms with Crippen LogP contribution in [0.25, 0.3) is 0 Å². The number of nitriles is 1. The van der Waals surface area contributed by atoms with Crippen molar-refractivity contribution in [1.82, 2.24) is 10.3 Å². The Balaban J connectivity index is 1.90. The largest absolute Gasteiger partial charge is 0.478 e. The second kappa shape index (κ2) is 6.74. The van der Waals surface area contributed by atoms with Crippen molar-refractivity contribution < 1.29 is 4.74 Å². The third-order valence-corrected chi connectivity index (χ3v) is 3.14. The van der Waals surface area contributed by atoms with Gasteiger partial charge in [-0.2, -0.15) is 5.26 Å². The number of hydrogen-bond acceptors (Lipinski definition) is 5. The number of rotatable bonds is 6. The van der Waals surface area contributed by atoms with Gasteiger partial charge in [0, 0.05) is 29.7 Å². The molecule has 0 amide bonds. The highest BCUT2D eigenvalue weighted by Gasteiger charge is 2.02. The van der Waals surface area contributed by atoms with E-state index in [1.807, 2.05) is 42.0 Å². The summed E-state index contributed by atoms with van der Waals surface area (Å²) >= 11 is 1.63. The molecule has 0 saturated heterocycles. The fourth-order valence-electron chi connectivity index (χ4n) is 1.55. The van der Waals surface area contributed by atoms with Gasteiger partial charge in [0.15, 0.2) is 6.61 Å². The van der Waals surface area contributed by atoms with Crippen molar-refractivity contribution in [2.45, 2.75) is 13.1 Å². The van der Waals surface area contributed by atoms with Gasteiger partial charge >= 0.3 is 0 Å². The molecule has 2 rings (SSSR count). The molecule has 0 aliphatic heterocycles. The van der Waals surface area contributed by atoms with Gasteiger partial charge in [0.05, 0.1) is 5.51 Å². The smallest absolute Gasteiger partial charge is 0.174 e. The van der Waals surface area contributed by atoms with Gasteiger partial charge in [-0.25, -0.2) is 0 Å². The first-order chi connectivity index (χ1) is 8.90. The monoisotopic (exact) mass is 259 g/mol. The van der Waals surface area contributed by atoms with Crippen LogP contribution in [0.15, 0.2) is 36.0 Å². The minimum absolute atomic E-state index is 0.0753. The van der Waals surface area contributed by atoms with E-state index in [0.29, 0.717) is 6.54 Å². The van der Waals surface area contributed by atoms with Crippen LogP contribution in [0, 0.1) is 11.3 Å². The minimum atomic E-state index is 0.0753. The van der Waals surface area contributed by atoms with E-state index in [-0.39, 0.29) is 6.61 Å². The van der Waals surface area contributed by atoms with E-state index in [0.717, 1.165) is 17.9 Å². The SMILES string of the molecule is N#CCOc1ccccc1CNCc1cncs1. The van der Waals surface area contributed by atoms with Crippen LogP contribution in [-0.2, 0) is 13.1 Å². The molecule has 1 aromatic carbocycles. The van der Waals surface area contributed by atoms with Gasteiger partial charge in [-0.05, 0) is 6.07 Å². The molecule has 5 heteroatoms. The summed E-state index contributed by atoms with van der Waals surface area (Å²) in [6, 6.07) is 9.70. The number of ether oxygens (including phenoxy) is 1. The Kier molecular flexibility index (Phi) is 4.70. The van der Waals surface area contributed by atoms with Gasteiger partial charge in [-0.1, -0.05) is 18.2 Å². The normalized spacial score (nSPS) is 9.94. The minimum Gasteiger partial charge on any atom is -0.478 e. The predicted octanol–water partition coefficient (Wildman–Crippen LogP) is 2.34. The molecule has 0 unspecified atom stereocenters. The summed E-state index contributed by atoms with van der Waals surface area (Å²) in [7, 11) is 0. The molecule has 0 fully saturated rings. The average Bonchev–Trinajstić information content (AvgIpc) is 2.91. The van der Waals surface area contributed by atoms with E-state index in [1.54, 1.807) is 11.3 Å². The third-order valence-electron chi connectivity index (χ3n) is 2.36. The molecule has 0 atom stereocenters. The Morgan fingerprint density at radius 1 is 1.33 bits per heavy atom. The lowest BCUT2D eigenvalue weighted by Crippen LogP contribution is -2.12. The van der Waals surface area contributed by atoms with E-state index < -0.39 is 0 Å². The number of nitrogens with zero attached hydrogens (tertiary/aromatic N) is 2. The van der Waals surface area contributed by atoms with Gasteiger partial charge in [0.2, 0.25) is 0 Å². The fourth-order valence-corrected chi connectivity index (χ4v) is 2.11. The maximum absolute atomic E-state index is 8.52. The van der Waals surface area contributed by atoms with Gasteiger partial charge < -0.3 is 10.1 Å². The quantitative estimate of drug-likeness (QED) is 0.865. The average molecular weight is 259 g/mol. The second-order valence-electron chi connectivity index (χ2n) is 3.63. The summed E-state index contributed by atoms with van der Waals surface area (Å²) in [5, 5.41) is 11.9. The number of nitrogens with one attached hydrogen (secondary N) is 1. The van der Waals surface area contributed by atoms with Crippen LogP contribution in [0.4, 0.5) is 0 Å². The first-order valence-corrected chi connectivity index (χ1v) is 6.44. The van der Waals surface area contributed by atoms with Crippen LogP contribution in [0.5, 0.6) is 5.75 Å². The van der Waals surface area contributed by atoms with Crippen molar-refractivity contribution in [2.24, 2.45) is 0 Å². The number of para-hydroxylation sites is 1. The van der Waals surface area contributed by atoms with E-state index in [4.69, 9.17) is 10.00 Å². The molecule has 1 aromatic heterocycles. The molecule has 1 N–H and O–H groups in total. The highest BCUT2D eigenvalue weighted by atomic mass is 32.1. The van der Waals surface area contributed by atoms with Crippen LogP contribution in [0.3, 0.4) is 0 Å². The van der Waals surface area contributed by atoms with E-state index in [9.17, 15) is 0 Å². The van der Waals surface area contributed by atoms with Crippen molar-refractivity contribution in [1.29, 1.82) is 5.26 Å². The van der Waals surface area contributed by atoms with Gasteiger partial charge in [0.25, 0.3) is 0 Å². The van der Waals surface area contributed by atoms with Crippen LogP contribution >= 0.6 is 11.3 Å². The van der Waals surface area contributed by atoms with Crippen molar-refractivity contribution in [2.75, 3.05) is 6.61 Å². The molecule has 0 radical (unpaired) electrons. The molecule has 2 aromatic rings. The summed E-state index contributed by atoms with van der Waals surface area (Å²) in [5.74, 6) is 0.760. The Bertz CT molecular complexity index is 519. The zero-order valence-corrected chi connectivity index (χ0v) is 10.6. The number of thiazole rings is 1. The summed E-state index contributed by atoms with van der Waals surface area (Å²) < 4.78 is 5.36. The van der Waals surface area contributed by atoms with Crippen molar-refractivity contribution in [3.05, 3.63) is 46.4 Å². The van der Waals surface area contributed by atoms with Gasteiger partial charge in [0.1, 0.15) is 11.8 Å². The Morgan fingerprint density at radius 3 is 3.00 bits per heavy atom. The van der Waals surface area contributed by atoms with Crippen molar-refractivity contribution in [3.63, 3.8) is 0 Å². The first kappa shape index (κ1) is 12.6. The lowest BCUT2D eigenvalue weighted by Gasteiger charge is -2.09. The molecule has 1 heterocycles. The molecular weight excluding hydrogens is 246 g/mol. The Labute approximate surface area is 110 Å². The summed E-state index contributed by atoms with van der Waals surface area (Å²) in [6.45, 7) is 1.57. The van der Waals surface area contributed by atoms with Gasteiger partial charge in [-0.15, -0.1) is 11.3 Å². The molecular formula is C13H13N3OS. The summed E-state index contributed by atoms with van der Waals surface area (Å²) in [5.41, 5.74) is 2.87. The zero-order chi connectivity index (χ0) is 12.6. The van der Waals surface area contributed by atoms with E-state index in [1.165, 1.54) is 4.88 Å². The third kappa shape index (κ3) is 3.55. The molecule has 0 bridgehead atoms. The van der Waals surface area contributed by atoms with E-state index >= 15 is 0 Å². The second-order valence-corrected chi connectivity index (χ2v) is 4.60. The lowest BCUT2D eigenvalue weighted by molar-refractivity contribution is 0.362. The maximum Gasteiger partial charge on any atom is 0.174 e. The van der Waals surface area contributed by atoms with Gasteiger partial charge in [-0.3, -0.25) is 4.98 Å². The molecule has 4 nitrogen and oxygen atoms in total. The van der Waals surface area contributed by atoms with Crippen LogP contribution in [0.2, 0.25) is 0 Å².